The Morgan fingerprint density at radius 1 is 1.07 bits per heavy atom. The fourth-order valence-corrected chi connectivity index (χ4v) is 4.33. The smallest absolute Gasteiger partial charge is 0.324 e. The molecule has 4 rings (SSSR count). The number of aliphatic carboxylic acids is 1. The number of carboxylic acids is 1. The second-order valence-corrected chi connectivity index (χ2v) is 7.44. The summed E-state index contributed by atoms with van der Waals surface area (Å²) < 4.78 is 0. The van der Waals surface area contributed by atoms with Crippen LogP contribution in [-0.2, 0) is 20.9 Å². The number of carboxylic acid groups (broad SMARTS) is 1. The second-order valence-electron chi connectivity index (χ2n) is 7.44. The van der Waals surface area contributed by atoms with E-state index in [1.807, 2.05) is 30.3 Å². The number of nitrogens with zero attached hydrogens (tertiary/aromatic N) is 1. The normalized spacial score (nSPS) is 29.2. The third kappa shape index (κ3) is 2.58. The Morgan fingerprint density at radius 3 is 2.36 bits per heavy atom. The van der Waals surface area contributed by atoms with Crippen LogP contribution in [0.3, 0.4) is 0 Å². The molecule has 2 aromatic rings. The molecule has 2 unspecified atom stereocenters. The largest absolute Gasteiger partial charge is 0.508 e. The second kappa shape index (κ2) is 6.45. The molecule has 2 fully saturated rings. The minimum Gasteiger partial charge on any atom is -0.508 e. The third-order valence-electron chi connectivity index (χ3n) is 5.78. The van der Waals surface area contributed by atoms with E-state index in [9.17, 15) is 24.6 Å². The van der Waals surface area contributed by atoms with Gasteiger partial charge in [0.25, 0.3) is 0 Å². The predicted molar refractivity (Wildman–Crippen MR) is 99.0 cm³/mol. The van der Waals surface area contributed by atoms with Crippen LogP contribution in [0.5, 0.6) is 5.75 Å². The van der Waals surface area contributed by atoms with Crippen LogP contribution in [0.2, 0.25) is 0 Å². The first-order valence-corrected chi connectivity index (χ1v) is 9.02. The van der Waals surface area contributed by atoms with Gasteiger partial charge in [-0.25, -0.2) is 0 Å². The van der Waals surface area contributed by atoms with Gasteiger partial charge in [0.1, 0.15) is 11.3 Å². The van der Waals surface area contributed by atoms with E-state index in [2.05, 4.69) is 5.32 Å². The fraction of sp³-hybridized carbons (Fsp3) is 0.286. The number of imide groups is 1. The van der Waals surface area contributed by atoms with Crippen molar-refractivity contribution < 1.29 is 24.6 Å². The van der Waals surface area contributed by atoms with E-state index in [4.69, 9.17) is 0 Å². The van der Waals surface area contributed by atoms with Gasteiger partial charge in [0.15, 0.2) is 0 Å². The SMILES string of the molecule is CC1(C(=O)O)NC(c2ccccc2O)[C@H]2C(=O)N(Cc3ccccc3)C(=O)[C@H]21. The van der Waals surface area contributed by atoms with Crippen molar-refractivity contribution >= 4 is 17.8 Å². The number of rotatable bonds is 4. The number of nitrogens with one attached hydrogen (secondary N) is 1. The quantitative estimate of drug-likeness (QED) is 0.697. The monoisotopic (exact) mass is 380 g/mol. The van der Waals surface area contributed by atoms with Crippen molar-refractivity contribution in [2.75, 3.05) is 0 Å². The minimum absolute atomic E-state index is 0.0462. The van der Waals surface area contributed by atoms with Crippen molar-refractivity contribution in [3.63, 3.8) is 0 Å². The maximum Gasteiger partial charge on any atom is 0.324 e. The Labute approximate surface area is 161 Å². The molecule has 0 aromatic heterocycles. The van der Waals surface area contributed by atoms with Crippen LogP contribution in [0.4, 0.5) is 0 Å². The van der Waals surface area contributed by atoms with Gasteiger partial charge in [-0.15, -0.1) is 0 Å². The minimum atomic E-state index is -1.62. The molecular formula is C21H20N2O5. The molecule has 0 bridgehead atoms. The molecular weight excluding hydrogens is 360 g/mol. The Kier molecular flexibility index (Phi) is 4.19. The summed E-state index contributed by atoms with van der Waals surface area (Å²) in [7, 11) is 0. The number of likely N-dealkylation sites (tertiary alicyclic amines) is 1. The summed E-state index contributed by atoms with van der Waals surface area (Å²) in [6, 6.07) is 14.8. The molecule has 2 aliphatic rings. The Hall–Kier alpha value is -3.19. The van der Waals surface area contributed by atoms with E-state index in [0.717, 1.165) is 10.5 Å². The van der Waals surface area contributed by atoms with Gasteiger partial charge in [-0.2, -0.15) is 0 Å². The van der Waals surface area contributed by atoms with E-state index in [0.29, 0.717) is 5.56 Å². The third-order valence-corrected chi connectivity index (χ3v) is 5.78. The topological polar surface area (TPSA) is 107 Å². The number of hydrogen-bond donors (Lipinski definition) is 3. The molecule has 0 saturated carbocycles. The highest BCUT2D eigenvalue weighted by Gasteiger charge is 2.66. The molecule has 3 N–H and O–H groups in total. The summed E-state index contributed by atoms with van der Waals surface area (Å²) in [5.41, 5.74) is -0.422. The van der Waals surface area contributed by atoms with E-state index < -0.39 is 41.2 Å². The lowest BCUT2D eigenvalue weighted by Crippen LogP contribution is -2.53. The number of hydrogen-bond acceptors (Lipinski definition) is 5. The van der Waals surface area contributed by atoms with Crippen molar-refractivity contribution in [2.24, 2.45) is 11.8 Å². The number of para-hydroxylation sites is 1. The standard InChI is InChI=1S/C21H20N2O5/c1-21(20(27)28)16-15(17(22-21)13-9-5-6-10-14(13)24)18(25)23(19(16)26)11-12-7-3-2-4-8-12/h2-10,15-17,22,24H,11H2,1H3,(H,27,28)/t15-,16-,17?,21?/m0/s1. The lowest BCUT2D eigenvalue weighted by atomic mass is 9.80. The maximum absolute atomic E-state index is 13.2. The molecule has 0 aliphatic carbocycles. The van der Waals surface area contributed by atoms with E-state index in [1.54, 1.807) is 18.2 Å². The van der Waals surface area contributed by atoms with Gasteiger partial charge in [-0.3, -0.25) is 24.6 Å². The summed E-state index contributed by atoms with van der Waals surface area (Å²) in [6.07, 6.45) is 0. The molecule has 2 saturated heterocycles. The zero-order valence-electron chi connectivity index (χ0n) is 15.2. The molecule has 4 atom stereocenters. The van der Waals surface area contributed by atoms with Gasteiger partial charge >= 0.3 is 5.97 Å². The fourth-order valence-electron chi connectivity index (χ4n) is 4.33. The number of carbonyl (C=O) groups excluding carboxylic acids is 2. The van der Waals surface area contributed by atoms with Crippen LogP contribution >= 0.6 is 0 Å². The lowest BCUT2D eigenvalue weighted by molar-refractivity contribution is -0.150. The Balaban J connectivity index is 1.76. The highest BCUT2D eigenvalue weighted by molar-refractivity contribution is 6.09. The molecule has 7 heteroatoms. The number of fused-ring (bicyclic) bond motifs is 1. The summed E-state index contributed by atoms with van der Waals surface area (Å²) in [5, 5.41) is 23.0. The lowest BCUT2D eigenvalue weighted by Gasteiger charge is -2.27. The van der Waals surface area contributed by atoms with Gasteiger partial charge in [0.05, 0.1) is 18.4 Å². The number of carbonyl (C=O) groups is 3. The maximum atomic E-state index is 13.2. The van der Waals surface area contributed by atoms with E-state index >= 15 is 0 Å². The number of amides is 2. The molecule has 2 aliphatic heterocycles. The first-order chi connectivity index (χ1) is 13.3. The molecule has 2 heterocycles. The number of benzene rings is 2. The van der Waals surface area contributed by atoms with E-state index in [-0.39, 0.29) is 12.3 Å². The molecule has 0 radical (unpaired) electrons. The molecule has 7 nitrogen and oxygen atoms in total. The van der Waals surface area contributed by atoms with Crippen molar-refractivity contribution in [3.8, 4) is 5.75 Å². The predicted octanol–water partition coefficient (Wildman–Crippen LogP) is 1.68. The summed E-state index contributed by atoms with van der Waals surface area (Å²) >= 11 is 0. The zero-order chi connectivity index (χ0) is 20.1. The molecule has 28 heavy (non-hydrogen) atoms. The molecule has 144 valence electrons. The van der Waals surface area contributed by atoms with Crippen molar-refractivity contribution in [1.82, 2.24) is 10.2 Å². The van der Waals surface area contributed by atoms with Crippen LogP contribution in [0, 0.1) is 11.8 Å². The number of aromatic hydroxyl groups is 1. The van der Waals surface area contributed by atoms with Crippen molar-refractivity contribution in [3.05, 3.63) is 65.7 Å². The highest BCUT2D eigenvalue weighted by Crippen LogP contribution is 2.50. The van der Waals surface area contributed by atoms with E-state index in [1.165, 1.54) is 13.0 Å². The summed E-state index contributed by atoms with van der Waals surface area (Å²) in [5.74, 6) is -4.13. The van der Waals surface area contributed by atoms with Gasteiger partial charge in [0.2, 0.25) is 11.8 Å². The first-order valence-electron chi connectivity index (χ1n) is 9.02. The number of phenolic OH excluding ortho intramolecular Hbond substituents is 1. The van der Waals surface area contributed by atoms with Crippen LogP contribution in [-0.4, -0.2) is 38.4 Å². The molecule has 0 spiro atoms. The van der Waals surface area contributed by atoms with Crippen molar-refractivity contribution in [1.29, 1.82) is 0 Å². The van der Waals surface area contributed by atoms with Crippen molar-refractivity contribution in [2.45, 2.75) is 25.0 Å². The average molecular weight is 380 g/mol. The van der Waals surface area contributed by atoms with Gasteiger partial charge < -0.3 is 10.2 Å². The Morgan fingerprint density at radius 2 is 1.71 bits per heavy atom. The number of phenols is 1. The molecule has 2 aromatic carbocycles. The summed E-state index contributed by atoms with van der Waals surface area (Å²) in [6.45, 7) is 1.51. The van der Waals surface area contributed by atoms with Crippen LogP contribution in [0.25, 0.3) is 0 Å². The van der Waals surface area contributed by atoms with Crippen LogP contribution in [0.1, 0.15) is 24.1 Å². The zero-order valence-corrected chi connectivity index (χ0v) is 15.2. The van der Waals surface area contributed by atoms with Gasteiger partial charge in [0, 0.05) is 11.6 Å². The molecule has 2 amide bonds. The van der Waals surface area contributed by atoms with Crippen LogP contribution in [0.15, 0.2) is 54.6 Å². The van der Waals surface area contributed by atoms with Gasteiger partial charge in [-0.1, -0.05) is 48.5 Å². The highest BCUT2D eigenvalue weighted by atomic mass is 16.4. The Bertz CT molecular complexity index is 960. The summed E-state index contributed by atoms with van der Waals surface area (Å²) in [4.78, 5) is 39.5. The first kappa shape index (κ1) is 18.2. The average Bonchev–Trinajstić information content (AvgIpc) is 3.12. The van der Waals surface area contributed by atoms with Crippen LogP contribution < -0.4 is 5.32 Å². The van der Waals surface area contributed by atoms with Gasteiger partial charge in [-0.05, 0) is 18.6 Å².